The Morgan fingerprint density at radius 2 is 1.95 bits per heavy atom. The lowest BCUT2D eigenvalue weighted by Gasteiger charge is -2.19. The van der Waals surface area contributed by atoms with Gasteiger partial charge in [-0.05, 0) is 30.7 Å². The van der Waals surface area contributed by atoms with Gasteiger partial charge in [0.1, 0.15) is 17.5 Å². The van der Waals surface area contributed by atoms with Crippen molar-refractivity contribution in [3.05, 3.63) is 36.1 Å². The van der Waals surface area contributed by atoms with Crippen LogP contribution in [0.4, 0.5) is 27.7 Å². The van der Waals surface area contributed by atoms with Crippen LogP contribution in [0.1, 0.15) is 13.3 Å². The van der Waals surface area contributed by atoms with Gasteiger partial charge in [0.05, 0.1) is 0 Å². The standard InChI is InChI=1S/C14H18FN5/c1-3-8-17-12-9-13(19-14(16)18-12)20(2)11-6-4-10(15)5-7-11/h4-7,9H,3,8H2,1-2H3,(H3,16,17,18,19). The molecule has 0 saturated carbocycles. The van der Waals surface area contributed by atoms with Gasteiger partial charge < -0.3 is 16.0 Å². The predicted octanol–water partition coefficient (Wildman–Crippen LogP) is 2.79. The summed E-state index contributed by atoms with van der Waals surface area (Å²) in [5.41, 5.74) is 6.55. The zero-order valence-electron chi connectivity index (χ0n) is 11.6. The van der Waals surface area contributed by atoms with Crippen LogP contribution in [0, 0.1) is 5.82 Å². The quantitative estimate of drug-likeness (QED) is 0.878. The first-order valence-electron chi connectivity index (χ1n) is 6.48. The van der Waals surface area contributed by atoms with E-state index in [4.69, 9.17) is 5.73 Å². The second-order valence-electron chi connectivity index (χ2n) is 4.43. The maximum atomic E-state index is 12.9. The molecule has 0 aliphatic heterocycles. The van der Waals surface area contributed by atoms with E-state index in [2.05, 4.69) is 22.2 Å². The second-order valence-corrected chi connectivity index (χ2v) is 4.43. The highest BCUT2D eigenvalue weighted by Gasteiger charge is 2.09. The van der Waals surface area contributed by atoms with Crippen molar-refractivity contribution in [2.75, 3.05) is 29.5 Å². The van der Waals surface area contributed by atoms with Gasteiger partial charge >= 0.3 is 0 Å². The molecule has 3 N–H and O–H groups in total. The Bertz CT molecular complexity index is 570. The van der Waals surface area contributed by atoms with E-state index >= 15 is 0 Å². The van der Waals surface area contributed by atoms with Gasteiger partial charge in [0.25, 0.3) is 0 Å². The van der Waals surface area contributed by atoms with E-state index < -0.39 is 0 Å². The Labute approximate surface area is 117 Å². The van der Waals surface area contributed by atoms with Crippen LogP contribution in [0.5, 0.6) is 0 Å². The fraction of sp³-hybridized carbons (Fsp3) is 0.286. The average Bonchev–Trinajstić information content (AvgIpc) is 2.44. The molecule has 0 unspecified atom stereocenters. The summed E-state index contributed by atoms with van der Waals surface area (Å²) in [5, 5.41) is 3.17. The van der Waals surface area contributed by atoms with Gasteiger partial charge in [0.2, 0.25) is 5.95 Å². The van der Waals surface area contributed by atoms with Gasteiger partial charge in [0, 0.05) is 25.3 Å². The fourth-order valence-corrected chi connectivity index (χ4v) is 1.77. The van der Waals surface area contributed by atoms with E-state index in [0.717, 1.165) is 18.7 Å². The van der Waals surface area contributed by atoms with E-state index in [1.165, 1.54) is 12.1 Å². The van der Waals surface area contributed by atoms with Gasteiger partial charge in [-0.15, -0.1) is 0 Å². The van der Waals surface area contributed by atoms with Gasteiger partial charge in [-0.2, -0.15) is 9.97 Å². The van der Waals surface area contributed by atoms with Crippen molar-refractivity contribution < 1.29 is 4.39 Å². The van der Waals surface area contributed by atoms with Crippen molar-refractivity contribution in [2.45, 2.75) is 13.3 Å². The number of benzene rings is 1. The second kappa shape index (κ2) is 6.18. The summed E-state index contributed by atoms with van der Waals surface area (Å²) in [6.07, 6.45) is 0.993. The third-order valence-corrected chi connectivity index (χ3v) is 2.84. The van der Waals surface area contributed by atoms with E-state index in [-0.39, 0.29) is 11.8 Å². The molecule has 0 spiro atoms. The lowest BCUT2D eigenvalue weighted by atomic mass is 10.3. The molecule has 2 rings (SSSR count). The maximum Gasteiger partial charge on any atom is 0.223 e. The SMILES string of the molecule is CCCNc1cc(N(C)c2ccc(F)cc2)nc(N)n1. The Kier molecular flexibility index (Phi) is 4.34. The topological polar surface area (TPSA) is 67.1 Å². The number of anilines is 4. The van der Waals surface area contributed by atoms with E-state index in [9.17, 15) is 4.39 Å². The normalized spacial score (nSPS) is 10.3. The van der Waals surface area contributed by atoms with Crippen LogP contribution in [0.2, 0.25) is 0 Å². The first-order valence-corrected chi connectivity index (χ1v) is 6.48. The van der Waals surface area contributed by atoms with Crippen LogP contribution < -0.4 is 16.0 Å². The molecule has 106 valence electrons. The number of hydrogen-bond acceptors (Lipinski definition) is 5. The molecule has 2 aromatic rings. The van der Waals surface area contributed by atoms with Crippen molar-refractivity contribution in [1.29, 1.82) is 0 Å². The van der Waals surface area contributed by atoms with Crippen molar-refractivity contribution in [2.24, 2.45) is 0 Å². The first-order chi connectivity index (χ1) is 9.60. The number of halogens is 1. The van der Waals surface area contributed by atoms with E-state index in [1.54, 1.807) is 12.1 Å². The van der Waals surface area contributed by atoms with Gasteiger partial charge in [-0.1, -0.05) is 6.92 Å². The molecule has 0 aliphatic carbocycles. The minimum Gasteiger partial charge on any atom is -0.370 e. The summed E-state index contributed by atoms with van der Waals surface area (Å²) in [4.78, 5) is 10.2. The summed E-state index contributed by atoms with van der Waals surface area (Å²) in [6.45, 7) is 2.89. The highest BCUT2D eigenvalue weighted by Crippen LogP contribution is 2.24. The Hall–Kier alpha value is -2.37. The molecule has 0 aliphatic rings. The zero-order chi connectivity index (χ0) is 14.5. The number of nitrogens with zero attached hydrogens (tertiary/aromatic N) is 3. The van der Waals surface area contributed by atoms with E-state index in [1.807, 2.05) is 18.0 Å². The minimum atomic E-state index is -0.269. The maximum absolute atomic E-state index is 12.9. The number of aromatic nitrogens is 2. The lowest BCUT2D eigenvalue weighted by Crippen LogP contribution is -2.14. The number of hydrogen-bond donors (Lipinski definition) is 2. The van der Waals surface area contributed by atoms with Gasteiger partial charge in [-0.25, -0.2) is 4.39 Å². The average molecular weight is 275 g/mol. The van der Waals surface area contributed by atoms with Crippen LogP contribution in [0.15, 0.2) is 30.3 Å². The molecular formula is C14H18FN5. The monoisotopic (exact) mass is 275 g/mol. The fourth-order valence-electron chi connectivity index (χ4n) is 1.77. The summed E-state index contributed by atoms with van der Waals surface area (Å²) in [6, 6.07) is 8.01. The number of rotatable bonds is 5. The molecule has 1 aromatic heterocycles. The molecule has 0 radical (unpaired) electrons. The first kappa shape index (κ1) is 14.0. The van der Waals surface area contributed by atoms with Crippen molar-refractivity contribution >= 4 is 23.3 Å². The molecule has 0 saturated heterocycles. The minimum absolute atomic E-state index is 0.204. The predicted molar refractivity (Wildman–Crippen MR) is 79.7 cm³/mol. The summed E-state index contributed by atoms with van der Waals surface area (Å²) in [7, 11) is 1.85. The van der Waals surface area contributed by atoms with Crippen molar-refractivity contribution in [1.82, 2.24) is 9.97 Å². The zero-order valence-corrected chi connectivity index (χ0v) is 11.6. The smallest absolute Gasteiger partial charge is 0.223 e. The molecule has 0 bridgehead atoms. The van der Waals surface area contributed by atoms with Crippen LogP contribution in [0.3, 0.4) is 0 Å². The lowest BCUT2D eigenvalue weighted by molar-refractivity contribution is 0.628. The van der Waals surface area contributed by atoms with Crippen LogP contribution in [-0.2, 0) is 0 Å². The van der Waals surface area contributed by atoms with Crippen LogP contribution >= 0.6 is 0 Å². The third-order valence-electron chi connectivity index (χ3n) is 2.84. The Balaban J connectivity index is 2.26. The Morgan fingerprint density at radius 1 is 1.25 bits per heavy atom. The number of nitrogens with two attached hydrogens (primary N) is 1. The molecule has 1 aromatic carbocycles. The van der Waals surface area contributed by atoms with Gasteiger partial charge in [0.15, 0.2) is 0 Å². The van der Waals surface area contributed by atoms with Crippen molar-refractivity contribution in [3.63, 3.8) is 0 Å². The molecule has 1 heterocycles. The third kappa shape index (κ3) is 3.34. The molecule has 0 fully saturated rings. The summed E-state index contributed by atoms with van der Waals surface area (Å²) < 4.78 is 12.9. The highest BCUT2D eigenvalue weighted by molar-refractivity contribution is 5.62. The van der Waals surface area contributed by atoms with Crippen LogP contribution in [-0.4, -0.2) is 23.6 Å². The Morgan fingerprint density at radius 3 is 2.60 bits per heavy atom. The van der Waals surface area contributed by atoms with Crippen molar-refractivity contribution in [3.8, 4) is 0 Å². The molecular weight excluding hydrogens is 257 g/mol. The molecule has 0 atom stereocenters. The molecule has 20 heavy (non-hydrogen) atoms. The summed E-state index contributed by atoms with van der Waals surface area (Å²) >= 11 is 0. The number of nitrogens with one attached hydrogen (secondary N) is 1. The largest absolute Gasteiger partial charge is 0.370 e. The molecule has 5 nitrogen and oxygen atoms in total. The number of nitrogen functional groups attached to an aromatic ring is 1. The van der Waals surface area contributed by atoms with Gasteiger partial charge in [-0.3, -0.25) is 0 Å². The summed E-state index contributed by atoms with van der Waals surface area (Å²) in [5.74, 6) is 1.27. The molecule has 0 amide bonds. The van der Waals surface area contributed by atoms with E-state index in [0.29, 0.717) is 11.6 Å². The van der Waals surface area contributed by atoms with Crippen LogP contribution in [0.25, 0.3) is 0 Å². The molecule has 6 heteroatoms. The highest BCUT2D eigenvalue weighted by atomic mass is 19.1.